The molecule has 0 unspecified atom stereocenters. The summed E-state index contributed by atoms with van der Waals surface area (Å²) in [6.45, 7) is 2.66. The second-order valence-corrected chi connectivity index (χ2v) is 7.28. The standard InChI is InChI=1S/C14H20ClNO2S/c1-2-14(8-5-9-14)11-16-19(17,18)13-7-4-3-6-12(13)10-15/h3-4,6-7,16H,2,5,8-11H2,1H3. The minimum atomic E-state index is -3.46. The van der Waals surface area contributed by atoms with Crippen LogP contribution >= 0.6 is 11.6 Å². The first-order chi connectivity index (χ1) is 9.03. The maximum absolute atomic E-state index is 12.3. The molecule has 0 radical (unpaired) electrons. The molecule has 0 heterocycles. The van der Waals surface area contributed by atoms with Crippen LogP contribution in [-0.4, -0.2) is 15.0 Å². The molecule has 0 atom stereocenters. The van der Waals surface area contributed by atoms with Crippen LogP contribution in [0.1, 0.15) is 38.2 Å². The number of sulfonamides is 1. The summed E-state index contributed by atoms with van der Waals surface area (Å²) in [5.74, 6) is 0.204. The highest BCUT2D eigenvalue weighted by Gasteiger charge is 2.36. The average molecular weight is 302 g/mol. The van der Waals surface area contributed by atoms with Gasteiger partial charge in [-0.05, 0) is 36.3 Å². The lowest BCUT2D eigenvalue weighted by atomic mass is 9.67. The highest BCUT2D eigenvalue weighted by molar-refractivity contribution is 7.89. The van der Waals surface area contributed by atoms with E-state index in [0.717, 1.165) is 19.3 Å². The van der Waals surface area contributed by atoms with E-state index in [1.165, 1.54) is 6.42 Å². The number of benzene rings is 1. The van der Waals surface area contributed by atoms with Crippen LogP contribution in [0.4, 0.5) is 0 Å². The number of nitrogens with one attached hydrogen (secondary N) is 1. The van der Waals surface area contributed by atoms with Crippen molar-refractivity contribution < 1.29 is 8.42 Å². The van der Waals surface area contributed by atoms with E-state index in [0.29, 0.717) is 17.0 Å². The molecule has 1 N–H and O–H groups in total. The fraction of sp³-hybridized carbons (Fsp3) is 0.571. The van der Waals surface area contributed by atoms with Gasteiger partial charge in [0.1, 0.15) is 0 Å². The molecule has 5 heteroatoms. The fourth-order valence-electron chi connectivity index (χ4n) is 2.53. The van der Waals surface area contributed by atoms with E-state index in [1.54, 1.807) is 24.3 Å². The Labute approximate surface area is 120 Å². The van der Waals surface area contributed by atoms with E-state index in [9.17, 15) is 8.42 Å². The molecule has 19 heavy (non-hydrogen) atoms. The molecule has 2 rings (SSSR count). The summed E-state index contributed by atoms with van der Waals surface area (Å²) >= 11 is 5.80. The van der Waals surface area contributed by atoms with Gasteiger partial charge in [-0.1, -0.05) is 31.5 Å². The molecule has 1 aliphatic rings. The van der Waals surface area contributed by atoms with Gasteiger partial charge in [-0.25, -0.2) is 13.1 Å². The molecule has 0 amide bonds. The molecular weight excluding hydrogens is 282 g/mol. The molecule has 0 spiro atoms. The quantitative estimate of drug-likeness (QED) is 0.820. The van der Waals surface area contributed by atoms with Gasteiger partial charge in [-0.3, -0.25) is 0 Å². The second kappa shape index (κ2) is 5.81. The zero-order chi connectivity index (χ0) is 13.9. The van der Waals surface area contributed by atoms with Gasteiger partial charge in [0.2, 0.25) is 10.0 Å². The van der Waals surface area contributed by atoms with Gasteiger partial charge in [-0.2, -0.15) is 0 Å². The molecule has 1 saturated carbocycles. The Morgan fingerprint density at radius 2 is 2.00 bits per heavy atom. The largest absolute Gasteiger partial charge is 0.240 e. The average Bonchev–Trinajstić information content (AvgIpc) is 2.38. The van der Waals surface area contributed by atoms with Gasteiger partial charge < -0.3 is 0 Å². The molecule has 0 saturated heterocycles. The third-order valence-electron chi connectivity index (χ3n) is 4.21. The van der Waals surface area contributed by atoms with Crippen molar-refractivity contribution in [2.45, 2.75) is 43.4 Å². The van der Waals surface area contributed by atoms with Crippen molar-refractivity contribution in [2.24, 2.45) is 5.41 Å². The van der Waals surface area contributed by atoms with Crippen molar-refractivity contribution in [2.75, 3.05) is 6.54 Å². The predicted molar refractivity (Wildman–Crippen MR) is 77.8 cm³/mol. The van der Waals surface area contributed by atoms with E-state index >= 15 is 0 Å². The summed E-state index contributed by atoms with van der Waals surface area (Å²) in [4.78, 5) is 0.301. The van der Waals surface area contributed by atoms with Crippen molar-refractivity contribution in [1.29, 1.82) is 0 Å². The number of halogens is 1. The molecule has 106 valence electrons. The van der Waals surface area contributed by atoms with Crippen LogP contribution in [0.5, 0.6) is 0 Å². The number of rotatable bonds is 6. The van der Waals surface area contributed by atoms with Crippen molar-refractivity contribution in [3.8, 4) is 0 Å². The minimum Gasteiger partial charge on any atom is -0.211 e. The number of hydrogen-bond donors (Lipinski definition) is 1. The maximum Gasteiger partial charge on any atom is 0.240 e. The third-order valence-corrected chi connectivity index (χ3v) is 6.00. The van der Waals surface area contributed by atoms with Crippen LogP contribution in [0.2, 0.25) is 0 Å². The smallest absolute Gasteiger partial charge is 0.211 e. The van der Waals surface area contributed by atoms with Crippen molar-refractivity contribution in [1.82, 2.24) is 4.72 Å². The Balaban J connectivity index is 2.14. The summed E-state index contributed by atoms with van der Waals surface area (Å²) in [6, 6.07) is 6.89. The van der Waals surface area contributed by atoms with Gasteiger partial charge in [0.25, 0.3) is 0 Å². The molecule has 1 fully saturated rings. The zero-order valence-corrected chi connectivity index (χ0v) is 12.7. The first-order valence-electron chi connectivity index (χ1n) is 6.66. The van der Waals surface area contributed by atoms with Crippen LogP contribution in [0, 0.1) is 5.41 Å². The summed E-state index contributed by atoms with van der Waals surface area (Å²) in [7, 11) is -3.46. The third kappa shape index (κ3) is 3.12. The second-order valence-electron chi connectivity index (χ2n) is 5.27. The normalized spacial score (nSPS) is 18.0. The van der Waals surface area contributed by atoms with Gasteiger partial charge >= 0.3 is 0 Å². The zero-order valence-electron chi connectivity index (χ0n) is 11.2. The van der Waals surface area contributed by atoms with E-state index in [-0.39, 0.29) is 11.3 Å². The van der Waals surface area contributed by atoms with Gasteiger partial charge in [0, 0.05) is 12.4 Å². The van der Waals surface area contributed by atoms with Crippen LogP contribution in [-0.2, 0) is 15.9 Å². The molecule has 0 aromatic heterocycles. The van der Waals surface area contributed by atoms with Gasteiger partial charge in [0.05, 0.1) is 4.90 Å². The first-order valence-corrected chi connectivity index (χ1v) is 8.68. The summed E-state index contributed by atoms with van der Waals surface area (Å²) in [5.41, 5.74) is 0.819. The molecule has 0 bridgehead atoms. The van der Waals surface area contributed by atoms with E-state index in [4.69, 9.17) is 11.6 Å². The summed E-state index contributed by atoms with van der Waals surface area (Å²) < 4.78 is 27.4. The molecule has 1 aliphatic carbocycles. The Bertz CT molecular complexity index is 533. The van der Waals surface area contributed by atoms with Crippen molar-refractivity contribution in [3.63, 3.8) is 0 Å². The van der Waals surface area contributed by atoms with E-state index in [2.05, 4.69) is 11.6 Å². The fourth-order valence-corrected chi connectivity index (χ4v) is 4.24. The topological polar surface area (TPSA) is 46.2 Å². The Hall–Kier alpha value is -0.580. The lowest BCUT2D eigenvalue weighted by molar-refractivity contribution is 0.133. The lowest BCUT2D eigenvalue weighted by Gasteiger charge is -2.41. The van der Waals surface area contributed by atoms with E-state index < -0.39 is 10.0 Å². The minimum absolute atomic E-state index is 0.170. The summed E-state index contributed by atoms with van der Waals surface area (Å²) in [5, 5.41) is 0. The van der Waals surface area contributed by atoms with Crippen LogP contribution < -0.4 is 4.72 Å². The molecule has 3 nitrogen and oxygen atoms in total. The maximum atomic E-state index is 12.3. The first kappa shape index (κ1) is 14.8. The van der Waals surface area contributed by atoms with E-state index in [1.807, 2.05) is 0 Å². The molecule has 1 aromatic rings. The van der Waals surface area contributed by atoms with Crippen LogP contribution in [0.3, 0.4) is 0 Å². The Morgan fingerprint density at radius 3 is 2.53 bits per heavy atom. The molecular formula is C14H20ClNO2S. The lowest BCUT2D eigenvalue weighted by Crippen LogP contribution is -2.41. The SMILES string of the molecule is CCC1(CNS(=O)(=O)c2ccccc2CCl)CCC1. The predicted octanol–water partition coefficient (Wildman–Crippen LogP) is 3.28. The summed E-state index contributed by atoms with van der Waals surface area (Å²) in [6.07, 6.45) is 4.45. The monoisotopic (exact) mass is 301 g/mol. The number of alkyl halides is 1. The Kier molecular flexibility index (Phi) is 4.54. The van der Waals surface area contributed by atoms with Crippen molar-refractivity contribution >= 4 is 21.6 Å². The van der Waals surface area contributed by atoms with Crippen LogP contribution in [0.15, 0.2) is 29.2 Å². The highest BCUT2D eigenvalue weighted by Crippen LogP contribution is 2.43. The van der Waals surface area contributed by atoms with Crippen LogP contribution in [0.25, 0.3) is 0 Å². The van der Waals surface area contributed by atoms with Gasteiger partial charge in [0.15, 0.2) is 0 Å². The van der Waals surface area contributed by atoms with Gasteiger partial charge in [-0.15, -0.1) is 11.6 Å². The number of hydrogen-bond acceptors (Lipinski definition) is 2. The highest BCUT2D eigenvalue weighted by atomic mass is 35.5. The molecule has 1 aromatic carbocycles. The molecule has 0 aliphatic heterocycles. The Morgan fingerprint density at radius 1 is 1.32 bits per heavy atom. The van der Waals surface area contributed by atoms with Crippen molar-refractivity contribution in [3.05, 3.63) is 29.8 Å².